The number of piperazine rings is 1. The zero-order chi connectivity index (χ0) is 17.0. The zero-order valence-electron chi connectivity index (χ0n) is 13.0. The molecular weight excluding hydrogens is 322 g/mol. The van der Waals surface area contributed by atoms with Crippen molar-refractivity contribution in [3.63, 3.8) is 0 Å². The van der Waals surface area contributed by atoms with Crippen LogP contribution in [0.3, 0.4) is 0 Å². The first-order chi connectivity index (χ1) is 11.0. The molecule has 1 unspecified atom stereocenters. The molecule has 0 aromatic carbocycles. The number of urea groups is 1. The van der Waals surface area contributed by atoms with Gasteiger partial charge in [0.05, 0.1) is 0 Å². The van der Waals surface area contributed by atoms with E-state index in [-0.39, 0.29) is 6.54 Å². The van der Waals surface area contributed by atoms with E-state index in [1.165, 1.54) is 4.90 Å². The van der Waals surface area contributed by atoms with Crippen LogP contribution in [0, 0.1) is 0 Å². The van der Waals surface area contributed by atoms with E-state index in [0.29, 0.717) is 42.8 Å². The zero-order valence-corrected chi connectivity index (χ0v) is 13.8. The number of aldehydes is 1. The van der Waals surface area contributed by atoms with Gasteiger partial charge < -0.3 is 15.0 Å². The highest BCUT2D eigenvalue weighted by molar-refractivity contribution is 6.38. The molecule has 0 aromatic heterocycles. The smallest absolute Gasteiger partial charge is 0.325 e. The molecule has 0 bridgehead atoms. The van der Waals surface area contributed by atoms with Gasteiger partial charge in [0.25, 0.3) is 0 Å². The maximum absolute atomic E-state index is 12.3. The van der Waals surface area contributed by atoms with Crippen LogP contribution in [-0.4, -0.2) is 59.6 Å². The summed E-state index contributed by atoms with van der Waals surface area (Å²) in [6.07, 6.45) is 3.78. The lowest BCUT2D eigenvalue weighted by Crippen LogP contribution is -2.59. The van der Waals surface area contributed by atoms with Gasteiger partial charge in [0.2, 0.25) is 0 Å². The number of carbonyl (C=O) groups excluding carboxylic acids is 4. The molecule has 126 valence electrons. The summed E-state index contributed by atoms with van der Waals surface area (Å²) in [4.78, 5) is 49.6. The number of hydrogen-bond acceptors (Lipinski definition) is 4. The Bertz CT molecular complexity index is 561. The summed E-state index contributed by atoms with van der Waals surface area (Å²) in [5, 5.41) is 3.10. The summed E-state index contributed by atoms with van der Waals surface area (Å²) in [6.45, 7) is 2.59. The van der Waals surface area contributed by atoms with E-state index in [9.17, 15) is 19.2 Å². The van der Waals surface area contributed by atoms with E-state index >= 15 is 0 Å². The van der Waals surface area contributed by atoms with Crippen molar-refractivity contribution in [2.75, 3.05) is 19.6 Å². The molecule has 1 fully saturated rings. The van der Waals surface area contributed by atoms with Crippen molar-refractivity contribution in [1.82, 2.24) is 15.1 Å². The molecule has 0 saturated carbocycles. The Morgan fingerprint density at radius 3 is 2.57 bits per heavy atom. The predicted octanol–water partition coefficient (Wildman–Crippen LogP) is 1.02. The Morgan fingerprint density at radius 2 is 1.96 bits per heavy atom. The number of hydrogen-bond donors (Lipinski definition) is 1. The van der Waals surface area contributed by atoms with Gasteiger partial charge in [-0.2, -0.15) is 0 Å². The second kappa shape index (κ2) is 7.59. The summed E-state index contributed by atoms with van der Waals surface area (Å²) in [5.41, 5.74) is 0.687. The van der Waals surface area contributed by atoms with Gasteiger partial charge in [0.1, 0.15) is 12.3 Å². The minimum absolute atomic E-state index is 0.114. The lowest BCUT2D eigenvalue weighted by atomic mass is 9.94. The highest BCUT2D eigenvalue weighted by atomic mass is 35.5. The maximum atomic E-state index is 12.3. The molecule has 0 spiro atoms. The third kappa shape index (κ3) is 3.72. The van der Waals surface area contributed by atoms with Crippen molar-refractivity contribution < 1.29 is 19.2 Å². The van der Waals surface area contributed by atoms with Crippen molar-refractivity contribution in [3.8, 4) is 0 Å². The summed E-state index contributed by atoms with van der Waals surface area (Å²) < 4.78 is 0. The van der Waals surface area contributed by atoms with Crippen molar-refractivity contribution in [3.05, 3.63) is 10.6 Å². The number of nitrogens with zero attached hydrogens (tertiary/aromatic N) is 2. The van der Waals surface area contributed by atoms with E-state index in [2.05, 4.69) is 5.32 Å². The Balaban J connectivity index is 2.07. The van der Waals surface area contributed by atoms with E-state index in [1.54, 1.807) is 6.92 Å². The van der Waals surface area contributed by atoms with Crippen LogP contribution in [0.2, 0.25) is 0 Å². The molecule has 4 amide bonds. The van der Waals surface area contributed by atoms with Gasteiger partial charge in [-0.3, -0.25) is 14.5 Å². The molecule has 23 heavy (non-hydrogen) atoms. The first-order valence-corrected chi connectivity index (χ1v) is 8.11. The van der Waals surface area contributed by atoms with Gasteiger partial charge in [-0.15, -0.1) is 0 Å². The summed E-state index contributed by atoms with van der Waals surface area (Å²) in [7, 11) is 0. The molecule has 7 nitrogen and oxygen atoms in total. The monoisotopic (exact) mass is 341 g/mol. The second-order valence-corrected chi connectivity index (χ2v) is 6.00. The minimum atomic E-state index is -0.871. The van der Waals surface area contributed by atoms with Gasteiger partial charge in [-0.1, -0.05) is 11.6 Å². The molecule has 0 radical (unpaired) electrons. The average molecular weight is 342 g/mol. The first kappa shape index (κ1) is 17.5. The number of carbonyl (C=O) groups is 4. The normalized spacial score (nSPS) is 20.6. The molecule has 1 aliphatic heterocycles. The summed E-state index contributed by atoms with van der Waals surface area (Å²) >= 11 is 6.14. The Morgan fingerprint density at radius 1 is 1.26 bits per heavy atom. The largest absolute Gasteiger partial charge is 0.333 e. The molecule has 2 rings (SSSR count). The van der Waals surface area contributed by atoms with Crippen LogP contribution in [0.4, 0.5) is 4.79 Å². The number of likely N-dealkylation sites (N-methyl/N-ethyl adjacent to an activating group) is 1. The molecule has 1 heterocycles. The van der Waals surface area contributed by atoms with Crippen LogP contribution >= 0.6 is 11.6 Å². The topological polar surface area (TPSA) is 86.8 Å². The minimum Gasteiger partial charge on any atom is -0.333 e. The van der Waals surface area contributed by atoms with Gasteiger partial charge >= 0.3 is 17.8 Å². The maximum Gasteiger partial charge on any atom is 0.325 e. The van der Waals surface area contributed by atoms with E-state index in [4.69, 9.17) is 11.6 Å². The number of nitrogens with one attached hydrogen (secondary N) is 1. The molecular formula is C15H20ClN3O4. The van der Waals surface area contributed by atoms with Crippen molar-refractivity contribution in [2.24, 2.45) is 0 Å². The van der Waals surface area contributed by atoms with Crippen LogP contribution in [0.1, 0.15) is 32.6 Å². The molecule has 2 aliphatic rings. The molecule has 1 aliphatic carbocycles. The van der Waals surface area contributed by atoms with Crippen LogP contribution < -0.4 is 5.32 Å². The third-order valence-corrected chi connectivity index (χ3v) is 4.60. The number of halogens is 1. The van der Waals surface area contributed by atoms with Gasteiger partial charge in [0, 0.05) is 24.7 Å². The lowest BCUT2D eigenvalue weighted by Gasteiger charge is -2.32. The highest BCUT2D eigenvalue weighted by Crippen LogP contribution is 2.29. The first-order valence-electron chi connectivity index (χ1n) is 7.73. The number of rotatable bonds is 4. The van der Waals surface area contributed by atoms with Crippen LogP contribution in [0.5, 0.6) is 0 Å². The summed E-state index contributed by atoms with van der Waals surface area (Å²) in [5.74, 6) is -1.57. The fourth-order valence-corrected chi connectivity index (χ4v) is 3.15. The van der Waals surface area contributed by atoms with Crippen LogP contribution in [0.15, 0.2) is 10.6 Å². The standard InChI is InChI=1S/C15H20ClN3O4/c1-2-18-7-8-19(14(22)13(18)21)15(23)17-12(9-20)10-5-3-4-6-11(10)16/h9,12H,2-8H2,1H3,(H,17,23). The fourth-order valence-electron chi connectivity index (χ4n) is 2.80. The van der Waals surface area contributed by atoms with Crippen molar-refractivity contribution in [1.29, 1.82) is 0 Å². The molecule has 1 saturated heterocycles. The average Bonchev–Trinajstić information content (AvgIpc) is 2.55. The molecule has 1 N–H and O–H groups in total. The van der Waals surface area contributed by atoms with Crippen molar-refractivity contribution in [2.45, 2.75) is 38.6 Å². The quantitative estimate of drug-likeness (QED) is 0.611. The predicted molar refractivity (Wildman–Crippen MR) is 83.7 cm³/mol. The highest BCUT2D eigenvalue weighted by Gasteiger charge is 2.36. The van der Waals surface area contributed by atoms with E-state index in [1.807, 2.05) is 0 Å². The molecule has 8 heteroatoms. The molecule has 0 aromatic rings. The SMILES string of the molecule is CCN1CCN(C(=O)NC(C=O)C2=C(Cl)CCCC2)C(=O)C1=O. The number of allylic oxidation sites excluding steroid dienone is 1. The number of imide groups is 1. The van der Waals surface area contributed by atoms with Crippen LogP contribution in [-0.2, 0) is 14.4 Å². The van der Waals surface area contributed by atoms with E-state index < -0.39 is 23.9 Å². The van der Waals surface area contributed by atoms with Crippen LogP contribution in [0.25, 0.3) is 0 Å². The number of amides is 4. The molecule has 1 atom stereocenters. The van der Waals surface area contributed by atoms with Gasteiger partial charge in [-0.05, 0) is 38.2 Å². The lowest BCUT2D eigenvalue weighted by molar-refractivity contribution is -0.153. The van der Waals surface area contributed by atoms with E-state index in [0.717, 1.165) is 17.7 Å². The third-order valence-electron chi connectivity index (χ3n) is 4.17. The Hall–Kier alpha value is -1.89. The Kier molecular flexibility index (Phi) is 5.76. The fraction of sp³-hybridized carbons (Fsp3) is 0.600. The Labute approximate surface area is 139 Å². The van der Waals surface area contributed by atoms with Gasteiger partial charge in [0.15, 0.2) is 0 Å². The van der Waals surface area contributed by atoms with Crippen molar-refractivity contribution >= 4 is 35.7 Å². The second-order valence-electron chi connectivity index (χ2n) is 5.54. The van der Waals surface area contributed by atoms with Gasteiger partial charge in [-0.25, -0.2) is 4.79 Å². The summed E-state index contributed by atoms with van der Waals surface area (Å²) in [6, 6.07) is -1.60.